The summed E-state index contributed by atoms with van der Waals surface area (Å²) in [4.78, 5) is 21.8. The second-order valence-corrected chi connectivity index (χ2v) is 7.86. The van der Waals surface area contributed by atoms with Gasteiger partial charge in [0, 0.05) is 29.1 Å². The average molecular weight is 413 g/mol. The highest BCUT2D eigenvalue weighted by Gasteiger charge is 2.13. The summed E-state index contributed by atoms with van der Waals surface area (Å²) in [5.74, 6) is 0.488. The molecular formula is C25H23N3O3. The molecule has 0 aliphatic carbocycles. The van der Waals surface area contributed by atoms with Crippen molar-refractivity contribution in [1.29, 1.82) is 0 Å². The smallest absolute Gasteiger partial charge is 0.258 e. The molecule has 0 amide bonds. The number of pyridine rings is 1. The number of aromatic amines is 1. The molecule has 6 heteroatoms. The Balaban J connectivity index is 1.47. The third-order valence-corrected chi connectivity index (χ3v) is 5.73. The summed E-state index contributed by atoms with van der Waals surface area (Å²) in [7, 11) is 0. The van der Waals surface area contributed by atoms with Crippen LogP contribution in [0, 0.1) is 0 Å². The van der Waals surface area contributed by atoms with Gasteiger partial charge in [0.1, 0.15) is 5.76 Å². The van der Waals surface area contributed by atoms with Crippen LogP contribution in [0.4, 0.5) is 5.69 Å². The van der Waals surface area contributed by atoms with Crippen LogP contribution >= 0.6 is 0 Å². The van der Waals surface area contributed by atoms with Crippen molar-refractivity contribution in [3.8, 4) is 17.2 Å². The van der Waals surface area contributed by atoms with Crippen LogP contribution in [-0.4, -0.2) is 34.3 Å². The maximum Gasteiger partial charge on any atom is 0.258 e. The van der Waals surface area contributed by atoms with E-state index in [0.717, 1.165) is 17.8 Å². The first-order chi connectivity index (χ1) is 15.2. The Hall–Kier alpha value is -3.64. The number of fused-ring (bicyclic) bond motifs is 1. The van der Waals surface area contributed by atoms with E-state index in [9.17, 15) is 9.90 Å². The quantitative estimate of drug-likeness (QED) is 0.459. The fourth-order valence-corrected chi connectivity index (χ4v) is 4.09. The van der Waals surface area contributed by atoms with E-state index in [2.05, 4.69) is 27.0 Å². The topological polar surface area (TPSA) is 81.8 Å². The second kappa shape index (κ2) is 8.24. The standard InChI is InChI=1S/C25H23N3O3/c29-24-20-10-7-18(23-4-3-13-31-23)14-21(20)22(25(30)27-24)15-26-19-8-5-17(6-9-19)16-28-11-1-2-12-28/h3-10,13-15H,1-2,11-12,16H2,(H2,27,29,30). The monoisotopic (exact) mass is 413 g/mol. The van der Waals surface area contributed by atoms with E-state index in [4.69, 9.17) is 4.42 Å². The van der Waals surface area contributed by atoms with E-state index in [0.29, 0.717) is 22.1 Å². The third kappa shape index (κ3) is 4.02. The number of aliphatic imine (C=N–C) groups is 1. The van der Waals surface area contributed by atoms with Crippen molar-refractivity contribution >= 4 is 22.7 Å². The number of nitrogens with one attached hydrogen (secondary N) is 1. The lowest BCUT2D eigenvalue weighted by Gasteiger charge is -2.14. The van der Waals surface area contributed by atoms with Crippen molar-refractivity contribution < 1.29 is 9.52 Å². The van der Waals surface area contributed by atoms with Crippen molar-refractivity contribution in [2.75, 3.05) is 13.1 Å². The zero-order valence-corrected chi connectivity index (χ0v) is 17.0. The second-order valence-electron chi connectivity index (χ2n) is 7.86. The molecule has 1 aliphatic heterocycles. The highest BCUT2D eigenvalue weighted by atomic mass is 16.3. The van der Waals surface area contributed by atoms with Crippen LogP contribution in [0.3, 0.4) is 0 Å². The van der Waals surface area contributed by atoms with Crippen molar-refractivity contribution in [3.63, 3.8) is 0 Å². The van der Waals surface area contributed by atoms with Crippen LogP contribution < -0.4 is 5.56 Å². The summed E-state index contributed by atoms with van der Waals surface area (Å²) in [5, 5.41) is 11.5. The van der Waals surface area contributed by atoms with Gasteiger partial charge in [-0.15, -0.1) is 0 Å². The van der Waals surface area contributed by atoms with Gasteiger partial charge in [0.2, 0.25) is 5.88 Å². The molecular weight excluding hydrogens is 390 g/mol. The summed E-state index contributed by atoms with van der Waals surface area (Å²) < 4.78 is 5.47. The van der Waals surface area contributed by atoms with Crippen molar-refractivity contribution in [1.82, 2.24) is 9.88 Å². The van der Waals surface area contributed by atoms with E-state index in [1.165, 1.54) is 31.5 Å². The lowest BCUT2D eigenvalue weighted by Crippen LogP contribution is -2.18. The van der Waals surface area contributed by atoms with Crippen LogP contribution in [-0.2, 0) is 6.54 Å². The fourth-order valence-electron chi connectivity index (χ4n) is 4.09. The number of benzene rings is 2. The first kappa shape index (κ1) is 19.3. The number of aromatic hydroxyl groups is 1. The minimum Gasteiger partial charge on any atom is -0.494 e. The molecule has 0 atom stereocenters. The molecule has 0 radical (unpaired) electrons. The van der Waals surface area contributed by atoms with E-state index < -0.39 is 0 Å². The molecule has 1 aliphatic rings. The first-order valence-corrected chi connectivity index (χ1v) is 10.5. The Morgan fingerprint density at radius 1 is 1.06 bits per heavy atom. The van der Waals surface area contributed by atoms with E-state index in [-0.39, 0.29) is 11.4 Å². The number of hydrogen-bond donors (Lipinski definition) is 2. The largest absolute Gasteiger partial charge is 0.494 e. The Morgan fingerprint density at radius 2 is 1.87 bits per heavy atom. The molecule has 2 aromatic carbocycles. The van der Waals surface area contributed by atoms with Gasteiger partial charge in [0.05, 0.1) is 17.5 Å². The summed E-state index contributed by atoms with van der Waals surface area (Å²) in [6.07, 6.45) is 5.75. The lowest BCUT2D eigenvalue weighted by molar-refractivity contribution is 0.331. The van der Waals surface area contributed by atoms with E-state index >= 15 is 0 Å². The average Bonchev–Trinajstić information content (AvgIpc) is 3.49. The van der Waals surface area contributed by atoms with E-state index in [1.807, 2.05) is 36.4 Å². The molecule has 2 N–H and O–H groups in total. The zero-order valence-electron chi connectivity index (χ0n) is 17.0. The molecule has 0 unspecified atom stereocenters. The van der Waals surface area contributed by atoms with Crippen LogP contribution in [0.5, 0.6) is 5.88 Å². The van der Waals surface area contributed by atoms with Gasteiger partial charge >= 0.3 is 0 Å². The molecule has 0 bridgehead atoms. The van der Waals surface area contributed by atoms with Crippen LogP contribution in [0.25, 0.3) is 22.1 Å². The number of aromatic nitrogens is 1. The number of H-pyrrole nitrogens is 1. The number of hydrogen-bond acceptors (Lipinski definition) is 5. The minimum absolute atomic E-state index is 0.205. The number of nitrogens with zero attached hydrogens (tertiary/aromatic N) is 2. The molecule has 156 valence electrons. The number of furan rings is 1. The molecule has 2 aromatic heterocycles. The normalized spacial score (nSPS) is 14.7. The van der Waals surface area contributed by atoms with Gasteiger partial charge in [-0.1, -0.05) is 18.2 Å². The Morgan fingerprint density at radius 3 is 2.61 bits per heavy atom. The maximum atomic E-state index is 12.3. The number of likely N-dealkylation sites (tertiary alicyclic amines) is 1. The molecule has 0 saturated carbocycles. The molecule has 31 heavy (non-hydrogen) atoms. The summed E-state index contributed by atoms with van der Waals surface area (Å²) in [5.41, 5.74) is 2.99. The van der Waals surface area contributed by atoms with Gasteiger partial charge in [0.25, 0.3) is 5.56 Å². The molecule has 6 nitrogen and oxygen atoms in total. The molecule has 0 spiro atoms. The van der Waals surface area contributed by atoms with Crippen LogP contribution in [0.15, 0.2) is 75.1 Å². The SMILES string of the molecule is O=c1[nH]c(O)c(C=Nc2ccc(CN3CCCC3)cc2)c2cc(-c3ccco3)ccc12. The molecule has 1 fully saturated rings. The van der Waals surface area contributed by atoms with E-state index in [1.54, 1.807) is 18.5 Å². The van der Waals surface area contributed by atoms with Gasteiger partial charge < -0.3 is 9.52 Å². The van der Waals surface area contributed by atoms with Gasteiger partial charge in [-0.05, 0) is 67.9 Å². The zero-order chi connectivity index (χ0) is 21.2. The molecule has 3 heterocycles. The summed E-state index contributed by atoms with van der Waals surface area (Å²) in [6.45, 7) is 3.29. The minimum atomic E-state index is -0.345. The summed E-state index contributed by atoms with van der Waals surface area (Å²) in [6, 6.07) is 17.2. The van der Waals surface area contributed by atoms with Crippen molar-refractivity contribution in [3.05, 3.63) is 82.3 Å². The third-order valence-electron chi connectivity index (χ3n) is 5.73. The first-order valence-electron chi connectivity index (χ1n) is 10.5. The van der Waals surface area contributed by atoms with Crippen LogP contribution in [0.1, 0.15) is 24.0 Å². The van der Waals surface area contributed by atoms with Gasteiger partial charge in [-0.2, -0.15) is 0 Å². The van der Waals surface area contributed by atoms with Gasteiger partial charge in [0.15, 0.2) is 0 Å². The highest BCUT2D eigenvalue weighted by molar-refractivity contribution is 6.03. The predicted octanol–water partition coefficient (Wildman–Crippen LogP) is 4.84. The van der Waals surface area contributed by atoms with Gasteiger partial charge in [-0.25, -0.2) is 0 Å². The Kier molecular flexibility index (Phi) is 5.14. The van der Waals surface area contributed by atoms with Crippen molar-refractivity contribution in [2.45, 2.75) is 19.4 Å². The van der Waals surface area contributed by atoms with Crippen LogP contribution in [0.2, 0.25) is 0 Å². The maximum absolute atomic E-state index is 12.3. The molecule has 5 rings (SSSR count). The fraction of sp³-hybridized carbons (Fsp3) is 0.200. The lowest BCUT2D eigenvalue weighted by atomic mass is 10.0. The predicted molar refractivity (Wildman–Crippen MR) is 122 cm³/mol. The summed E-state index contributed by atoms with van der Waals surface area (Å²) >= 11 is 0. The molecule has 1 saturated heterocycles. The Bertz CT molecular complexity index is 1280. The molecule has 4 aromatic rings. The Labute approximate surface area is 179 Å². The number of rotatable bonds is 5. The van der Waals surface area contributed by atoms with Gasteiger partial charge in [-0.3, -0.25) is 19.7 Å². The van der Waals surface area contributed by atoms with Crippen molar-refractivity contribution in [2.24, 2.45) is 4.99 Å². The highest BCUT2D eigenvalue weighted by Crippen LogP contribution is 2.28.